The molecule has 6 heteroatoms. The van der Waals surface area contributed by atoms with E-state index in [4.69, 9.17) is 10.5 Å². The number of nitrogen functional groups attached to an aromatic ring is 1. The number of rotatable bonds is 3. The molecule has 2 aromatic rings. The molecule has 0 saturated carbocycles. The highest BCUT2D eigenvalue weighted by Gasteiger charge is 2.29. The fourth-order valence-electron chi connectivity index (χ4n) is 2.02. The number of carbonyl (C=O) groups excluding carboxylic acids is 1. The van der Waals surface area contributed by atoms with Crippen molar-refractivity contribution in [2.45, 2.75) is 19.9 Å². The molecule has 0 aromatic carbocycles. The number of anilines is 1. The van der Waals surface area contributed by atoms with Gasteiger partial charge in [-0.1, -0.05) is 13.8 Å². The number of hydrogen-bond donors (Lipinski definition) is 1. The first kappa shape index (κ1) is 12.3. The lowest BCUT2D eigenvalue weighted by atomic mass is 10.0. The van der Waals surface area contributed by atoms with Crippen molar-refractivity contribution in [1.82, 2.24) is 14.5 Å². The van der Waals surface area contributed by atoms with Crippen LogP contribution in [0.5, 0.6) is 0 Å². The maximum Gasteiger partial charge on any atom is 0.329 e. The van der Waals surface area contributed by atoms with Crippen molar-refractivity contribution in [2.75, 3.05) is 12.8 Å². The Labute approximate surface area is 105 Å². The fraction of sp³-hybridized carbons (Fsp3) is 0.417. The van der Waals surface area contributed by atoms with Gasteiger partial charge < -0.3 is 10.5 Å². The molecule has 0 aliphatic carbocycles. The van der Waals surface area contributed by atoms with Gasteiger partial charge in [-0.15, -0.1) is 0 Å². The first-order valence-electron chi connectivity index (χ1n) is 5.72. The van der Waals surface area contributed by atoms with Crippen LogP contribution in [0.1, 0.15) is 19.9 Å². The Morgan fingerprint density at radius 3 is 2.83 bits per heavy atom. The lowest BCUT2D eigenvalue weighted by Crippen LogP contribution is -2.27. The van der Waals surface area contributed by atoms with E-state index in [2.05, 4.69) is 9.97 Å². The number of pyridine rings is 1. The largest absolute Gasteiger partial charge is 0.467 e. The lowest BCUT2D eigenvalue weighted by Gasteiger charge is -2.21. The Hall–Kier alpha value is -2.11. The number of hydrogen-bond acceptors (Lipinski definition) is 5. The van der Waals surface area contributed by atoms with E-state index in [9.17, 15) is 4.79 Å². The standard InChI is InChI=1S/C12H16N4O2/c1-7(2)9(11(17)18-3)16-10-8(15-12(16)13)5-4-6-14-10/h4-7,9H,1-3H3,(H2,13,15). The molecule has 0 radical (unpaired) electrons. The second-order valence-corrected chi connectivity index (χ2v) is 4.40. The Balaban J connectivity index is 2.63. The maximum absolute atomic E-state index is 11.9. The molecule has 2 heterocycles. The van der Waals surface area contributed by atoms with Crippen LogP contribution in [-0.2, 0) is 9.53 Å². The van der Waals surface area contributed by atoms with Gasteiger partial charge >= 0.3 is 5.97 Å². The second kappa shape index (κ2) is 4.64. The van der Waals surface area contributed by atoms with Crippen molar-refractivity contribution in [3.8, 4) is 0 Å². The fourth-order valence-corrected chi connectivity index (χ4v) is 2.02. The molecule has 6 nitrogen and oxygen atoms in total. The van der Waals surface area contributed by atoms with Gasteiger partial charge in [-0.2, -0.15) is 0 Å². The van der Waals surface area contributed by atoms with Crippen LogP contribution in [0.3, 0.4) is 0 Å². The topological polar surface area (TPSA) is 83.0 Å². The SMILES string of the molecule is COC(=O)C(C(C)C)n1c(N)nc2cccnc21. The van der Waals surface area contributed by atoms with E-state index >= 15 is 0 Å². The number of methoxy groups -OCH3 is 1. The van der Waals surface area contributed by atoms with E-state index in [1.54, 1.807) is 16.8 Å². The minimum atomic E-state index is -0.519. The van der Waals surface area contributed by atoms with Crippen LogP contribution in [0, 0.1) is 5.92 Å². The monoisotopic (exact) mass is 248 g/mol. The number of fused-ring (bicyclic) bond motifs is 1. The molecule has 2 rings (SSSR count). The summed E-state index contributed by atoms with van der Waals surface area (Å²) in [5.74, 6) is -0.0476. The minimum absolute atomic E-state index is 0.0270. The van der Waals surface area contributed by atoms with Crippen molar-refractivity contribution < 1.29 is 9.53 Å². The maximum atomic E-state index is 11.9. The van der Waals surface area contributed by atoms with E-state index in [1.165, 1.54) is 7.11 Å². The molecular weight excluding hydrogens is 232 g/mol. The van der Waals surface area contributed by atoms with Crippen LogP contribution in [0.4, 0.5) is 5.95 Å². The molecule has 0 aliphatic heterocycles. The quantitative estimate of drug-likeness (QED) is 0.830. The highest BCUT2D eigenvalue weighted by molar-refractivity contribution is 5.80. The molecule has 0 aliphatic rings. The number of aromatic nitrogens is 3. The Morgan fingerprint density at radius 2 is 2.22 bits per heavy atom. The molecule has 0 fully saturated rings. The van der Waals surface area contributed by atoms with Crippen molar-refractivity contribution in [3.63, 3.8) is 0 Å². The third kappa shape index (κ3) is 1.90. The van der Waals surface area contributed by atoms with Gasteiger partial charge in [0.15, 0.2) is 5.65 Å². The zero-order valence-corrected chi connectivity index (χ0v) is 10.6. The molecule has 0 saturated heterocycles. The zero-order chi connectivity index (χ0) is 13.3. The van der Waals surface area contributed by atoms with Crippen LogP contribution in [-0.4, -0.2) is 27.6 Å². The zero-order valence-electron chi connectivity index (χ0n) is 10.6. The number of esters is 1. The first-order valence-corrected chi connectivity index (χ1v) is 5.72. The van der Waals surface area contributed by atoms with Crippen molar-refractivity contribution in [3.05, 3.63) is 18.3 Å². The second-order valence-electron chi connectivity index (χ2n) is 4.40. The summed E-state index contributed by atoms with van der Waals surface area (Å²) in [5, 5.41) is 0. The smallest absolute Gasteiger partial charge is 0.329 e. The highest BCUT2D eigenvalue weighted by Crippen LogP contribution is 2.27. The summed E-state index contributed by atoms with van der Waals surface area (Å²) < 4.78 is 6.46. The van der Waals surface area contributed by atoms with Crippen LogP contribution < -0.4 is 5.73 Å². The lowest BCUT2D eigenvalue weighted by molar-refractivity contribution is -0.145. The van der Waals surface area contributed by atoms with Gasteiger partial charge in [0.1, 0.15) is 11.6 Å². The van der Waals surface area contributed by atoms with Crippen LogP contribution in [0.15, 0.2) is 18.3 Å². The van der Waals surface area contributed by atoms with Gasteiger partial charge in [0, 0.05) is 6.20 Å². The Morgan fingerprint density at radius 1 is 1.50 bits per heavy atom. The first-order chi connectivity index (χ1) is 8.56. The molecule has 0 spiro atoms. The molecule has 1 unspecified atom stereocenters. The van der Waals surface area contributed by atoms with Crippen molar-refractivity contribution >= 4 is 23.1 Å². The third-order valence-corrected chi connectivity index (χ3v) is 2.83. The summed E-state index contributed by atoms with van der Waals surface area (Å²) in [7, 11) is 1.36. The summed E-state index contributed by atoms with van der Waals surface area (Å²) in [6, 6.07) is 3.07. The summed E-state index contributed by atoms with van der Waals surface area (Å²) in [6.07, 6.45) is 1.65. The average molecular weight is 248 g/mol. The summed E-state index contributed by atoms with van der Waals surface area (Å²) in [5.41, 5.74) is 7.16. The molecular formula is C12H16N4O2. The van der Waals surface area contributed by atoms with Crippen molar-refractivity contribution in [1.29, 1.82) is 0 Å². The number of nitrogens with two attached hydrogens (primary N) is 1. The predicted molar refractivity (Wildman–Crippen MR) is 67.8 cm³/mol. The molecule has 2 aromatic heterocycles. The van der Waals surface area contributed by atoms with Gasteiger partial charge in [-0.05, 0) is 18.1 Å². The number of nitrogens with zero attached hydrogens (tertiary/aromatic N) is 3. The number of carbonyl (C=O) groups is 1. The molecule has 0 amide bonds. The molecule has 0 bridgehead atoms. The van der Waals surface area contributed by atoms with Gasteiger partial charge in [0.05, 0.1) is 7.11 Å². The van der Waals surface area contributed by atoms with E-state index in [1.807, 2.05) is 19.9 Å². The average Bonchev–Trinajstić information content (AvgIpc) is 2.66. The molecule has 96 valence electrons. The van der Waals surface area contributed by atoms with Gasteiger partial charge in [-0.25, -0.2) is 14.8 Å². The molecule has 18 heavy (non-hydrogen) atoms. The van der Waals surface area contributed by atoms with Crippen LogP contribution >= 0.6 is 0 Å². The Bertz CT molecular complexity index is 576. The number of ether oxygens (including phenoxy) is 1. The third-order valence-electron chi connectivity index (χ3n) is 2.83. The van der Waals surface area contributed by atoms with Crippen LogP contribution in [0.2, 0.25) is 0 Å². The van der Waals surface area contributed by atoms with Crippen molar-refractivity contribution in [2.24, 2.45) is 5.92 Å². The van der Waals surface area contributed by atoms with E-state index in [-0.39, 0.29) is 17.8 Å². The molecule has 1 atom stereocenters. The van der Waals surface area contributed by atoms with E-state index < -0.39 is 6.04 Å². The van der Waals surface area contributed by atoms with Gasteiger partial charge in [0.2, 0.25) is 5.95 Å². The highest BCUT2D eigenvalue weighted by atomic mass is 16.5. The minimum Gasteiger partial charge on any atom is -0.467 e. The molecule has 2 N–H and O–H groups in total. The number of imidazole rings is 1. The summed E-state index contributed by atoms with van der Waals surface area (Å²) >= 11 is 0. The van der Waals surface area contributed by atoms with Gasteiger partial charge in [-0.3, -0.25) is 4.57 Å². The van der Waals surface area contributed by atoms with E-state index in [0.717, 1.165) is 0 Å². The Kier molecular flexibility index (Phi) is 3.18. The van der Waals surface area contributed by atoms with Crippen LogP contribution in [0.25, 0.3) is 11.2 Å². The predicted octanol–water partition coefficient (Wildman–Crippen LogP) is 1.38. The summed E-state index contributed by atoms with van der Waals surface area (Å²) in [4.78, 5) is 20.3. The normalized spacial score (nSPS) is 12.9. The summed E-state index contributed by atoms with van der Waals surface area (Å²) in [6.45, 7) is 3.85. The van der Waals surface area contributed by atoms with E-state index in [0.29, 0.717) is 11.2 Å². The van der Waals surface area contributed by atoms with Gasteiger partial charge in [0.25, 0.3) is 0 Å².